The van der Waals surface area contributed by atoms with Crippen molar-refractivity contribution in [2.24, 2.45) is 5.73 Å². The molecule has 0 aliphatic rings. The molecule has 1 atom stereocenters. The Morgan fingerprint density at radius 1 is 1.00 bits per heavy atom. The topological polar surface area (TPSA) is 126 Å². The largest absolute Gasteiger partial charge is 0.487 e. The fourth-order valence-electron chi connectivity index (χ4n) is 3.49. The van der Waals surface area contributed by atoms with Crippen molar-refractivity contribution in [3.05, 3.63) is 88.5 Å². The number of benzene rings is 2. The molecule has 39 heavy (non-hydrogen) atoms. The highest BCUT2D eigenvalue weighted by Gasteiger charge is 2.23. The Kier molecular flexibility index (Phi) is 9.38. The number of nitrogens with one attached hydrogen (secondary N) is 1. The van der Waals surface area contributed by atoms with E-state index in [1.807, 2.05) is 48.5 Å². The minimum absolute atomic E-state index is 0.182. The second kappa shape index (κ2) is 12.5. The molecule has 2 aromatic carbocycles. The van der Waals surface area contributed by atoms with Crippen LogP contribution < -0.4 is 15.8 Å². The molecule has 1 unspecified atom stereocenters. The van der Waals surface area contributed by atoms with Crippen LogP contribution in [0.1, 0.15) is 57.0 Å². The zero-order valence-electron chi connectivity index (χ0n) is 22.4. The summed E-state index contributed by atoms with van der Waals surface area (Å²) in [5.74, 6) is 6.29. The second-order valence-corrected chi connectivity index (χ2v) is 10.4. The summed E-state index contributed by atoms with van der Waals surface area (Å²) in [7, 11) is 0. The minimum Gasteiger partial charge on any atom is -0.487 e. The zero-order valence-corrected chi connectivity index (χ0v) is 23.2. The van der Waals surface area contributed by atoms with Gasteiger partial charge in [-0.1, -0.05) is 44.0 Å². The van der Waals surface area contributed by atoms with E-state index in [0.717, 1.165) is 11.1 Å². The van der Waals surface area contributed by atoms with Gasteiger partial charge >= 0.3 is 12.2 Å². The van der Waals surface area contributed by atoms with Gasteiger partial charge in [0.2, 0.25) is 11.5 Å². The molecule has 2 amide bonds. The van der Waals surface area contributed by atoms with Crippen LogP contribution in [-0.2, 0) is 21.5 Å². The van der Waals surface area contributed by atoms with E-state index in [1.165, 1.54) is 0 Å². The number of nitrogens with zero attached hydrogens (tertiary/aromatic N) is 2. The summed E-state index contributed by atoms with van der Waals surface area (Å²) in [5, 5.41) is 2.56. The standard InChI is InChI=1S/C29H31ClN4O5/c1-28(2,3)39-27(36)34-24(38-26(31)35)15-8-19-6-9-20(10-7-19)29(4,5)21-11-13-23(14-12-21)37-18-22-16-17-32-25(30)33-22/h6-7,9-14,16-17,24H,18H2,1-5H3,(H2,31,35)(H,34,36). The summed E-state index contributed by atoms with van der Waals surface area (Å²) >= 11 is 5.82. The number of primary amides is 1. The summed E-state index contributed by atoms with van der Waals surface area (Å²) in [4.78, 5) is 31.3. The maximum atomic E-state index is 12.0. The molecule has 9 nitrogen and oxygen atoms in total. The van der Waals surface area contributed by atoms with Crippen LogP contribution in [0.5, 0.6) is 5.75 Å². The van der Waals surface area contributed by atoms with Crippen LogP contribution in [0.4, 0.5) is 9.59 Å². The van der Waals surface area contributed by atoms with Crippen molar-refractivity contribution in [3.8, 4) is 17.6 Å². The number of nitrogens with two attached hydrogens (primary N) is 1. The molecule has 1 heterocycles. The van der Waals surface area contributed by atoms with E-state index in [4.69, 9.17) is 31.5 Å². The van der Waals surface area contributed by atoms with Crippen LogP contribution in [0.3, 0.4) is 0 Å². The highest BCUT2D eigenvalue weighted by atomic mass is 35.5. The van der Waals surface area contributed by atoms with E-state index < -0.39 is 24.0 Å². The van der Waals surface area contributed by atoms with Gasteiger partial charge < -0.3 is 19.9 Å². The van der Waals surface area contributed by atoms with Crippen LogP contribution in [-0.4, -0.2) is 34.0 Å². The van der Waals surface area contributed by atoms with Gasteiger partial charge in [0.15, 0.2) is 0 Å². The van der Waals surface area contributed by atoms with Crippen molar-refractivity contribution in [2.75, 3.05) is 0 Å². The van der Waals surface area contributed by atoms with Gasteiger partial charge in [-0.15, -0.1) is 0 Å². The van der Waals surface area contributed by atoms with Crippen LogP contribution in [0.2, 0.25) is 5.28 Å². The normalized spacial score (nSPS) is 11.9. The minimum atomic E-state index is -1.26. The highest BCUT2D eigenvalue weighted by molar-refractivity contribution is 6.28. The number of amides is 2. The third-order valence-corrected chi connectivity index (χ3v) is 5.66. The molecule has 0 fully saturated rings. The molecule has 0 spiro atoms. The van der Waals surface area contributed by atoms with Crippen molar-refractivity contribution < 1.29 is 23.8 Å². The fraction of sp³-hybridized carbons (Fsp3) is 0.310. The molecule has 0 radical (unpaired) electrons. The molecule has 0 aliphatic heterocycles. The Morgan fingerprint density at radius 2 is 1.62 bits per heavy atom. The summed E-state index contributed by atoms with van der Waals surface area (Å²) < 4.78 is 15.9. The van der Waals surface area contributed by atoms with Crippen LogP contribution >= 0.6 is 11.6 Å². The predicted octanol–water partition coefficient (Wildman–Crippen LogP) is 5.33. The Morgan fingerprint density at radius 3 is 2.18 bits per heavy atom. The lowest BCUT2D eigenvalue weighted by Gasteiger charge is -2.26. The van der Waals surface area contributed by atoms with Gasteiger partial charge in [0.05, 0.1) is 5.69 Å². The lowest BCUT2D eigenvalue weighted by atomic mass is 9.78. The number of hydrogen-bond donors (Lipinski definition) is 2. The lowest BCUT2D eigenvalue weighted by molar-refractivity contribution is 0.0398. The van der Waals surface area contributed by atoms with Crippen molar-refractivity contribution >= 4 is 23.8 Å². The van der Waals surface area contributed by atoms with E-state index >= 15 is 0 Å². The lowest BCUT2D eigenvalue weighted by Crippen LogP contribution is -2.41. The second-order valence-electron chi connectivity index (χ2n) is 10.1. The van der Waals surface area contributed by atoms with Gasteiger partial charge in [0, 0.05) is 17.2 Å². The Bertz CT molecular complexity index is 1360. The number of ether oxygens (including phenoxy) is 3. The number of aromatic nitrogens is 2. The van der Waals surface area contributed by atoms with Crippen molar-refractivity contribution in [2.45, 2.75) is 58.5 Å². The summed E-state index contributed by atoms with van der Waals surface area (Å²) in [5.41, 5.74) is 7.58. The Hall–Kier alpha value is -4.29. The van der Waals surface area contributed by atoms with Gasteiger partial charge in [-0.05, 0) is 79.8 Å². The molecule has 3 aromatic rings. The van der Waals surface area contributed by atoms with Crippen molar-refractivity contribution in [3.63, 3.8) is 0 Å². The molecule has 1 aromatic heterocycles. The van der Waals surface area contributed by atoms with Crippen LogP contribution in [0.15, 0.2) is 60.8 Å². The van der Waals surface area contributed by atoms with Gasteiger partial charge in [-0.25, -0.2) is 19.6 Å². The van der Waals surface area contributed by atoms with Gasteiger partial charge in [-0.3, -0.25) is 5.32 Å². The quantitative estimate of drug-likeness (QED) is 0.231. The molecule has 0 bridgehead atoms. The number of halogens is 1. The van der Waals surface area contributed by atoms with Crippen LogP contribution in [0, 0.1) is 11.8 Å². The maximum absolute atomic E-state index is 12.0. The van der Waals surface area contributed by atoms with Gasteiger partial charge in [-0.2, -0.15) is 0 Å². The smallest absolute Gasteiger partial charge is 0.411 e. The SMILES string of the molecule is CC(C)(C)OC(=O)NC(C#Cc1ccc(C(C)(C)c2ccc(OCc3ccnc(Cl)n3)cc2)cc1)OC(N)=O. The number of alkyl carbamates (subject to hydrolysis) is 1. The number of carbonyl (C=O) groups is 2. The molecule has 0 aliphatic carbocycles. The average Bonchev–Trinajstić information content (AvgIpc) is 2.85. The van der Waals surface area contributed by atoms with Gasteiger partial charge in [0.25, 0.3) is 0 Å². The van der Waals surface area contributed by atoms with E-state index in [0.29, 0.717) is 17.0 Å². The van der Waals surface area contributed by atoms with Gasteiger partial charge in [0.1, 0.15) is 18.0 Å². The summed E-state index contributed by atoms with van der Waals surface area (Å²) in [6.07, 6.45) is -1.53. The van der Waals surface area contributed by atoms with Crippen molar-refractivity contribution in [1.82, 2.24) is 15.3 Å². The van der Waals surface area contributed by atoms with Crippen molar-refractivity contribution in [1.29, 1.82) is 0 Å². The summed E-state index contributed by atoms with van der Waals surface area (Å²) in [6.45, 7) is 9.66. The summed E-state index contributed by atoms with van der Waals surface area (Å²) in [6, 6.07) is 17.3. The molecular formula is C29H31ClN4O5. The zero-order chi connectivity index (χ0) is 28.6. The number of carbonyl (C=O) groups excluding carboxylic acids is 2. The van der Waals surface area contributed by atoms with E-state index in [1.54, 1.807) is 33.0 Å². The maximum Gasteiger partial charge on any atom is 0.411 e. The Labute approximate surface area is 233 Å². The Balaban J connectivity index is 1.67. The van der Waals surface area contributed by atoms with Crippen LogP contribution in [0.25, 0.3) is 0 Å². The molecule has 3 N–H and O–H groups in total. The third kappa shape index (κ3) is 9.20. The first kappa shape index (κ1) is 29.3. The molecule has 0 saturated carbocycles. The van der Waals surface area contributed by atoms with E-state index in [9.17, 15) is 9.59 Å². The molecular weight excluding hydrogens is 520 g/mol. The van der Waals surface area contributed by atoms with E-state index in [2.05, 4.69) is 41.0 Å². The highest BCUT2D eigenvalue weighted by Crippen LogP contribution is 2.32. The monoisotopic (exact) mass is 550 g/mol. The number of rotatable bonds is 7. The molecule has 3 rings (SSSR count). The molecule has 204 valence electrons. The first-order valence-corrected chi connectivity index (χ1v) is 12.5. The fourth-order valence-corrected chi connectivity index (χ4v) is 3.65. The number of hydrogen-bond acceptors (Lipinski definition) is 7. The third-order valence-electron chi connectivity index (χ3n) is 5.48. The first-order valence-electron chi connectivity index (χ1n) is 12.1. The average molecular weight is 551 g/mol. The predicted molar refractivity (Wildman–Crippen MR) is 147 cm³/mol. The molecule has 0 saturated heterocycles. The first-order chi connectivity index (χ1) is 18.3. The van der Waals surface area contributed by atoms with E-state index in [-0.39, 0.29) is 17.3 Å². The molecule has 10 heteroatoms.